The molecule has 0 atom stereocenters. The Kier molecular flexibility index (Phi) is 4.76. The molecule has 0 spiro atoms. The number of aryl methyl sites for hydroxylation is 1. The lowest BCUT2D eigenvalue weighted by molar-refractivity contribution is -0.124. The Labute approximate surface area is 131 Å². The minimum atomic E-state index is -0.0306. The first-order valence-electron chi connectivity index (χ1n) is 8.41. The number of carbonyl (C=O) groups is 2. The van der Waals surface area contributed by atoms with E-state index in [4.69, 9.17) is 0 Å². The summed E-state index contributed by atoms with van der Waals surface area (Å²) in [7, 11) is 0. The van der Waals surface area contributed by atoms with Crippen LogP contribution in [-0.4, -0.2) is 24.4 Å². The van der Waals surface area contributed by atoms with Crippen molar-refractivity contribution in [1.29, 1.82) is 0 Å². The van der Waals surface area contributed by atoms with E-state index in [0.717, 1.165) is 30.5 Å². The minimum absolute atomic E-state index is 0.0306. The second-order valence-corrected chi connectivity index (χ2v) is 6.36. The molecule has 118 valence electrons. The molecule has 1 aromatic carbocycles. The van der Waals surface area contributed by atoms with Gasteiger partial charge in [0.15, 0.2) is 0 Å². The van der Waals surface area contributed by atoms with E-state index in [1.807, 2.05) is 24.3 Å². The predicted molar refractivity (Wildman–Crippen MR) is 86.7 cm³/mol. The SMILES string of the molecule is O=C(CN1C(=O)CCc2ccccc21)NC1CCCCCC1. The van der Waals surface area contributed by atoms with Gasteiger partial charge in [0.05, 0.1) is 0 Å². The molecule has 22 heavy (non-hydrogen) atoms. The zero-order chi connectivity index (χ0) is 15.4. The monoisotopic (exact) mass is 300 g/mol. The van der Waals surface area contributed by atoms with Crippen molar-refractivity contribution in [2.24, 2.45) is 0 Å². The largest absolute Gasteiger partial charge is 0.352 e. The van der Waals surface area contributed by atoms with E-state index in [2.05, 4.69) is 5.32 Å². The van der Waals surface area contributed by atoms with Gasteiger partial charge in [0.25, 0.3) is 0 Å². The molecule has 1 N–H and O–H groups in total. The van der Waals surface area contributed by atoms with E-state index in [0.29, 0.717) is 6.42 Å². The highest BCUT2D eigenvalue weighted by Crippen LogP contribution is 2.27. The summed E-state index contributed by atoms with van der Waals surface area (Å²) in [5.41, 5.74) is 2.05. The third kappa shape index (κ3) is 3.49. The van der Waals surface area contributed by atoms with Crippen LogP contribution in [0.5, 0.6) is 0 Å². The van der Waals surface area contributed by atoms with Crippen LogP contribution in [0.15, 0.2) is 24.3 Å². The lowest BCUT2D eigenvalue weighted by Crippen LogP contribution is -2.45. The lowest BCUT2D eigenvalue weighted by Gasteiger charge is -2.29. The van der Waals surface area contributed by atoms with Gasteiger partial charge in [-0.05, 0) is 30.9 Å². The molecule has 2 amide bonds. The smallest absolute Gasteiger partial charge is 0.240 e. The van der Waals surface area contributed by atoms with E-state index in [-0.39, 0.29) is 24.4 Å². The Hall–Kier alpha value is -1.84. The number of para-hydroxylation sites is 1. The number of hydrogen-bond acceptors (Lipinski definition) is 2. The van der Waals surface area contributed by atoms with E-state index in [1.165, 1.54) is 25.7 Å². The van der Waals surface area contributed by atoms with Gasteiger partial charge in [-0.1, -0.05) is 43.9 Å². The van der Waals surface area contributed by atoms with E-state index in [9.17, 15) is 9.59 Å². The van der Waals surface area contributed by atoms with Crippen molar-refractivity contribution in [1.82, 2.24) is 5.32 Å². The average molecular weight is 300 g/mol. The van der Waals surface area contributed by atoms with Crippen molar-refractivity contribution in [3.05, 3.63) is 29.8 Å². The van der Waals surface area contributed by atoms with Crippen LogP contribution >= 0.6 is 0 Å². The molecule has 1 aliphatic carbocycles. The second-order valence-electron chi connectivity index (χ2n) is 6.36. The molecule has 1 aromatic rings. The number of benzene rings is 1. The lowest BCUT2D eigenvalue weighted by atomic mass is 10.0. The standard InChI is InChI=1S/C18H24N2O2/c21-17(19-15-8-3-1-2-4-9-15)13-20-16-10-6-5-7-14(16)11-12-18(20)22/h5-7,10,15H,1-4,8-9,11-13H2,(H,19,21). The number of nitrogens with one attached hydrogen (secondary N) is 1. The number of carbonyl (C=O) groups excluding carboxylic acids is 2. The fourth-order valence-electron chi connectivity index (χ4n) is 3.51. The summed E-state index contributed by atoms with van der Waals surface area (Å²) < 4.78 is 0. The van der Waals surface area contributed by atoms with Crippen molar-refractivity contribution in [2.45, 2.75) is 57.4 Å². The zero-order valence-electron chi connectivity index (χ0n) is 13.0. The second kappa shape index (κ2) is 6.95. The number of rotatable bonds is 3. The molecular weight excluding hydrogens is 276 g/mol. The van der Waals surface area contributed by atoms with E-state index >= 15 is 0 Å². The third-order valence-corrected chi connectivity index (χ3v) is 4.71. The summed E-state index contributed by atoms with van der Waals surface area (Å²) in [5.74, 6) is 0.0201. The first-order chi connectivity index (χ1) is 10.7. The number of anilines is 1. The van der Waals surface area contributed by atoms with E-state index in [1.54, 1.807) is 4.90 Å². The van der Waals surface area contributed by atoms with E-state index < -0.39 is 0 Å². The minimum Gasteiger partial charge on any atom is -0.352 e. The summed E-state index contributed by atoms with van der Waals surface area (Å²) >= 11 is 0. The van der Waals surface area contributed by atoms with Crippen LogP contribution in [0.25, 0.3) is 0 Å². The van der Waals surface area contributed by atoms with Gasteiger partial charge >= 0.3 is 0 Å². The predicted octanol–water partition coefficient (Wildman–Crippen LogP) is 2.80. The maximum Gasteiger partial charge on any atom is 0.240 e. The molecule has 2 aliphatic rings. The molecule has 0 radical (unpaired) electrons. The molecule has 0 saturated heterocycles. The Balaban J connectivity index is 1.64. The molecule has 4 heteroatoms. The number of hydrogen-bond donors (Lipinski definition) is 1. The van der Waals surface area contributed by atoms with Gasteiger partial charge in [0.1, 0.15) is 6.54 Å². The molecule has 4 nitrogen and oxygen atoms in total. The highest BCUT2D eigenvalue weighted by atomic mass is 16.2. The van der Waals surface area contributed by atoms with Gasteiger partial charge in [-0.25, -0.2) is 0 Å². The molecule has 1 aliphatic heterocycles. The number of amides is 2. The van der Waals surface area contributed by atoms with Gasteiger partial charge in [-0.15, -0.1) is 0 Å². The normalized spacial score (nSPS) is 19.5. The summed E-state index contributed by atoms with van der Waals surface area (Å²) in [6.45, 7) is 0.145. The summed E-state index contributed by atoms with van der Waals surface area (Å²) in [6, 6.07) is 8.17. The molecule has 1 heterocycles. The summed E-state index contributed by atoms with van der Waals surface area (Å²) in [6.07, 6.45) is 8.32. The summed E-state index contributed by atoms with van der Waals surface area (Å²) in [5, 5.41) is 3.12. The average Bonchev–Trinajstić information content (AvgIpc) is 2.79. The Morgan fingerprint density at radius 1 is 1.09 bits per heavy atom. The van der Waals surface area contributed by atoms with Crippen LogP contribution in [-0.2, 0) is 16.0 Å². The summed E-state index contributed by atoms with van der Waals surface area (Å²) in [4.78, 5) is 26.2. The van der Waals surface area contributed by atoms with Gasteiger partial charge in [0.2, 0.25) is 11.8 Å². The number of nitrogens with zero attached hydrogens (tertiary/aromatic N) is 1. The van der Waals surface area contributed by atoms with Crippen molar-refractivity contribution in [3.63, 3.8) is 0 Å². The van der Waals surface area contributed by atoms with Gasteiger partial charge in [-0.3, -0.25) is 9.59 Å². The third-order valence-electron chi connectivity index (χ3n) is 4.71. The van der Waals surface area contributed by atoms with Crippen LogP contribution in [0, 0.1) is 0 Å². The fourth-order valence-corrected chi connectivity index (χ4v) is 3.51. The molecule has 1 saturated carbocycles. The quantitative estimate of drug-likeness (QED) is 0.873. The fraction of sp³-hybridized carbons (Fsp3) is 0.556. The van der Waals surface area contributed by atoms with Crippen molar-refractivity contribution in [3.8, 4) is 0 Å². The zero-order valence-corrected chi connectivity index (χ0v) is 13.0. The van der Waals surface area contributed by atoms with Crippen LogP contribution in [0.3, 0.4) is 0 Å². The first kappa shape index (κ1) is 15.1. The molecule has 0 bridgehead atoms. The van der Waals surface area contributed by atoms with Crippen LogP contribution < -0.4 is 10.2 Å². The highest BCUT2D eigenvalue weighted by molar-refractivity contribution is 6.01. The molecule has 1 fully saturated rings. The van der Waals surface area contributed by atoms with Gasteiger partial charge in [-0.2, -0.15) is 0 Å². The Bertz CT molecular complexity index is 548. The first-order valence-corrected chi connectivity index (χ1v) is 8.41. The Morgan fingerprint density at radius 2 is 1.82 bits per heavy atom. The number of fused-ring (bicyclic) bond motifs is 1. The topological polar surface area (TPSA) is 49.4 Å². The highest BCUT2D eigenvalue weighted by Gasteiger charge is 2.26. The molecule has 0 unspecified atom stereocenters. The van der Waals surface area contributed by atoms with Crippen molar-refractivity contribution in [2.75, 3.05) is 11.4 Å². The van der Waals surface area contributed by atoms with Gasteiger partial charge in [0, 0.05) is 18.2 Å². The molecule has 0 aromatic heterocycles. The molecule has 3 rings (SSSR count). The van der Waals surface area contributed by atoms with Crippen molar-refractivity contribution >= 4 is 17.5 Å². The van der Waals surface area contributed by atoms with Crippen LogP contribution in [0.1, 0.15) is 50.5 Å². The Morgan fingerprint density at radius 3 is 2.59 bits per heavy atom. The van der Waals surface area contributed by atoms with Gasteiger partial charge < -0.3 is 10.2 Å². The molecular formula is C18H24N2O2. The van der Waals surface area contributed by atoms with Crippen molar-refractivity contribution < 1.29 is 9.59 Å². The van der Waals surface area contributed by atoms with Crippen LogP contribution in [0.4, 0.5) is 5.69 Å². The van der Waals surface area contributed by atoms with Crippen LogP contribution in [0.2, 0.25) is 0 Å². The maximum absolute atomic E-state index is 12.3. The maximum atomic E-state index is 12.3.